The van der Waals surface area contributed by atoms with E-state index in [0.717, 1.165) is 12.7 Å². The van der Waals surface area contributed by atoms with Gasteiger partial charge in [0.25, 0.3) is 0 Å². The number of nitrogens with zero attached hydrogens (tertiary/aromatic N) is 4. The highest BCUT2D eigenvalue weighted by Crippen LogP contribution is 2.45. The van der Waals surface area contributed by atoms with Gasteiger partial charge in [0.05, 0.1) is 22.5 Å². The van der Waals surface area contributed by atoms with Crippen LogP contribution in [0.5, 0.6) is 11.8 Å². The minimum atomic E-state index is -2.28. The molecule has 1 atom stereocenters. The Bertz CT molecular complexity index is 2020. The number of pyridine rings is 1. The van der Waals surface area contributed by atoms with Crippen LogP contribution in [0.3, 0.4) is 0 Å². The molecule has 276 valence electrons. The van der Waals surface area contributed by atoms with Crippen LogP contribution >= 0.6 is 0 Å². The molecule has 52 heavy (non-hydrogen) atoms. The number of aliphatic hydroxyl groups excluding tert-OH is 1. The van der Waals surface area contributed by atoms with E-state index in [2.05, 4.69) is 68.0 Å². The van der Waals surface area contributed by atoms with Gasteiger partial charge in [0.2, 0.25) is 0 Å². The second-order valence-electron chi connectivity index (χ2n) is 15.2. The highest BCUT2D eigenvalue weighted by atomic mass is 28.3. The maximum absolute atomic E-state index is 17.2. The fourth-order valence-corrected chi connectivity index (χ4v) is 13.1. The summed E-state index contributed by atoms with van der Waals surface area (Å²) >= 11 is 0. The Morgan fingerprint density at radius 1 is 1.08 bits per heavy atom. The summed E-state index contributed by atoms with van der Waals surface area (Å²) in [5.41, 5.74) is 4.33. The number of carbonyl (C=O) groups excluding carboxylic acids is 1. The van der Waals surface area contributed by atoms with Crippen LogP contribution in [0.15, 0.2) is 30.5 Å². The quantitative estimate of drug-likeness (QED) is 0.0672. The lowest BCUT2D eigenvalue weighted by atomic mass is 9.95. The normalized spacial score (nSPS) is 17.2. The molecule has 0 amide bonds. The van der Waals surface area contributed by atoms with E-state index >= 15 is 8.78 Å². The number of aldehydes is 1. The first-order valence-corrected chi connectivity index (χ1v) is 20.4. The molecule has 6 rings (SSSR count). The molecule has 3 heterocycles. The predicted octanol–water partition coefficient (Wildman–Crippen LogP) is 7.99. The van der Waals surface area contributed by atoms with E-state index in [1.165, 1.54) is 19.4 Å². The number of carbonyl (C=O) groups is 1. The van der Waals surface area contributed by atoms with Gasteiger partial charge >= 0.3 is 6.01 Å². The monoisotopic (exact) mass is 730 g/mol. The van der Waals surface area contributed by atoms with E-state index in [4.69, 9.17) is 14.2 Å². The number of methoxy groups -OCH3 is 1. The molecule has 1 N–H and O–H groups in total. The van der Waals surface area contributed by atoms with Crippen molar-refractivity contribution in [3.8, 4) is 34.5 Å². The molecule has 1 saturated heterocycles. The third-order valence-corrected chi connectivity index (χ3v) is 17.2. The van der Waals surface area contributed by atoms with Crippen molar-refractivity contribution >= 4 is 41.9 Å². The first-order valence-electron chi connectivity index (χ1n) is 18.1. The van der Waals surface area contributed by atoms with E-state index in [-0.39, 0.29) is 41.7 Å². The summed E-state index contributed by atoms with van der Waals surface area (Å²) in [6.07, 6.45) is 4.58. The Labute approximate surface area is 305 Å². The van der Waals surface area contributed by atoms with Crippen LogP contribution in [-0.2, 0) is 9.53 Å². The van der Waals surface area contributed by atoms with Crippen LogP contribution in [0.4, 0.5) is 14.6 Å². The average Bonchev–Trinajstić information content (AvgIpc) is 3.90. The summed E-state index contributed by atoms with van der Waals surface area (Å²) < 4.78 is 50.2. The maximum atomic E-state index is 17.2. The molecule has 4 aromatic rings. The molecular formula is C40H48F2N4O5Si. The number of aliphatic hydroxyl groups is 1. The summed E-state index contributed by atoms with van der Waals surface area (Å²) in [6, 6.07) is 6.32. The third kappa shape index (κ3) is 7.10. The van der Waals surface area contributed by atoms with Gasteiger partial charge in [0.15, 0.2) is 12.6 Å². The van der Waals surface area contributed by atoms with Crippen molar-refractivity contribution in [2.24, 2.45) is 5.41 Å². The molecule has 9 nitrogen and oxygen atoms in total. The van der Waals surface area contributed by atoms with Gasteiger partial charge in [0.1, 0.15) is 49.6 Å². The molecule has 2 aliphatic rings. The summed E-state index contributed by atoms with van der Waals surface area (Å²) in [5, 5.41) is 11.8. The zero-order chi connectivity index (χ0) is 37.4. The molecular weight excluding hydrogens is 683 g/mol. The SMILES string of the molecule is COCOc1cc(-c2ncc3c(N4CCC[C@@H](O)C4)nc(OCC4(C=O)CC4)nc3c2F)c2c(C#C[Si](C(C)C)(C(C)C)C(C)C)c(F)ccc2c1. The number of rotatable bonds is 12. The van der Waals surface area contributed by atoms with Crippen molar-refractivity contribution in [2.45, 2.75) is 90.0 Å². The number of halogens is 2. The van der Waals surface area contributed by atoms with Crippen LogP contribution in [0.2, 0.25) is 16.6 Å². The molecule has 0 unspecified atom stereocenters. The number of hydrogen-bond donors (Lipinski definition) is 1. The first kappa shape index (κ1) is 37.6. The van der Waals surface area contributed by atoms with Gasteiger partial charge in [-0.05, 0) is 65.9 Å². The first-order chi connectivity index (χ1) is 24.8. The van der Waals surface area contributed by atoms with Crippen LogP contribution < -0.4 is 14.4 Å². The summed E-state index contributed by atoms with van der Waals surface area (Å²) in [7, 11) is -0.779. The average molecular weight is 731 g/mol. The number of fused-ring (bicyclic) bond motifs is 2. The third-order valence-electron chi connectivity index (χ3n) is 10.9. The van der Waals surface area contributed by atoms with E-state index in [9.17, 15) is 9.90 Å². The van der Waals surface area contributed by atoms with Crippen LogP contribution in [0.1, 0.15) is 72.8 Å². The van der Waals surface area contributed by atoms with Crippen molar-refractivity contribution in [1.29, 1.82) is 0 Å². The Morgan fingerprint density at radius 2 is 1.81 bits per heavy atom. The van der Waals surface area contributed by atoms with E-state index in [1.807, 2.05) is 4.90 Å². The van der Waals surface area contributed by atoms with E-state index in [1.54, 1.807) is 18.2 Å². The smallest absolute Gasteiger partial charge is 0.319 e. The van der Waals surface area contributed by atoms with Gasteiger partial charge in [-0.2, -0.15) is 9.97 Å². The largest absolute Gasteiger partial charge is 0.468 e. The van der Waals surface area contributed by atoms with Crippen molar-refractivity contribution in [3.63, 3.8) is 0 Å². The number of anilines is 1. The zero-order valence-corrected chi connectivity index (χ0v) is 32.1. The van der Waals surface area contributed by atoms with E-state index in [0.29, 0.717) is 76.7 Å². The molecule has 0 radical (unpaired) electrons. The summed E-state index contributed by atoms with van der Waals surface area (Å²) in [6.45, 7) is 14.1. The van der Waals surface area contributed by atoms with Gasteiger partial charge in [0, 0.05) is 37.3 Å². The molecule has 1 aliphatic carbocycles. The number of β-amino-alcohol motifs (C(OH)–C–C–N with tert-alkyl or cyclic N) is 1. The molecule has 0 bridgehead atoms. The van der Waals surface area contributed by atoms with Gasteiger partial charge in [-0.3, -0.25) is 4.98 Å². The number of benzene rings is 2. The van der Waals surface area contributed by atoms with Crippen molar-refractivity contribution < 1.29 is 32.9 Å². The minimum Gasteiger partial charge on any atom is -0.468 e. The Morgan fingerprint density at radius 3 is 2.44 bits per heavy atom. The van der Waals surface area contributed by atoms with Gasteiger partial charge in [-0.1, -0.05) is 53.5 Å². The number of piperidine rings is 1. The molecule has 1 saturated carbocycles. The van der Waals surface area contributed by atoms with Crippen molar-refractivity contribution in [1.82, 2.24) is 15.0 Å². The zero-order valence-electron chi connectivity index (χ0n) is 31.1. The molecule has 2 aromatic heterocycles. The molecule has 2 fully saturated rings. The van der Waals surface area contributed by atoms with Gasteiger partial charge in [-0.25, -0.2) is 8.78 Å². The maximum Gasteiger partial charge on any atom is 0.319 e. The second-order valence-corrected chi connectivity index (χ2v) is 20.8. The Hall–Kier alpha value is -4.18. The summed E-state index contributed by atoms with van der Waals surface area (Å²) in [5.74, 6) is 2.78. The lowest BCUT2D eigenvalue weighted by Crippen LogP contribution is -2.43. The highest BCUT2D eigenvalue weighted by molar-refractivity contribution is 6.90. The standard InChI is InChI=1S/C40H48F2N4O5Si/c1-24(2)52(25(3)4,26(5)6)16-12-30-33(41)11-10-27-17-29(51-23-49-7)18-31(34(27)30)36-35(42)37-32(19-43-36)38(46-15-8-9-28(48)20-46)45-39(44-37)50-22-40(21-47)13-14-40/h10-11,17-19,21,24-26,28,48H,8-9,13-15,20,22-23H2,1-7H3/t28-/m1/s1. The van der Waals surface area contributed by atoms with Gasteiger partial charge in [-0.15, -0.1) is 5.54 Å². The van der Waals surface area contributed by atoms with Crippen LogP contribution in [-0.4, -0.2) is 74.1 Å². The van der Waals surface area contributed by atoms with Crippen molar-refractivity contribution in [3.05, 3.63) is 47.7 Å². The molecule has 12 heteroatoms. The Kier molecular flexibility index (Phi) is 10.9. The van der Waals surface area contributed by atoms with Gasteiger partial charge < -0.3 is 29.0 Å². The fourth-order valence-electron chi connectivity index (χ4n) is 7.86. The van der Waals surface area contributed by atoms with E-state index < -0.39 is 31.2 Å². The lowest BCUT2D eigenvalue weighted by molar-refractivity contribution is -0.113. The van der Waals surface area contributed by atoms with Crippen LogP contribution in [0.25, 0.3) is 32.9 Å². The van der Waals surface area contributed by atoms with Crippen LogP contribution in [0, 0.1) is 28.5 Å². The molecule has 1 aliphatic heterocycles. The molecule has 0 spiro atoms. The van der Waals surface area contributed by atoms with Crippen molar-refractivity contribution in [2.75, 3.05) is 38.5 Å². The highest BCUT2D eigenvalue weighted by Gasteiger charge is 2.44. The number of aromatic nitrogens is 3. The lowest BCUT2D eigenvalue weighted by Gasteiger charge is -2.38. The fraction of sp³-hybridized carbons (Fsp3) is 0.500. The minimum absolute atomic E-state index is 0.0488. The topological polar surface area (TPSA) is 107 Å². The Balaban J connectivity index is 1.60. The second kappa shape index (κ2) is 15.0. The number of ether oxygens (including phenoxy) is 3. The molecule has 2 aromatic carbocycles. The summed E-state index contributed by atoms with van der Waals surface area (Å²) in [4.78, 5) is 27.4. The number of hydrogen-bond acceptors (Lipinski definition) is 9. The predicted molar refractivity (Wildman–Crippen MR) is 201 cm³/mol.